The number of amides is 2. The van der Waals surface area contributed by atoms with Crippen molar-refractivity contribution >= 4 is 39.4 Å². The second-order valence-corrected chi connectivity index (χ2v) is 6.14. The second kappa shape index (κ2) is 7.40. The normalized spacial score (nSPS) is 19.9. The van der Waals surface area contributed by atoms with Gasteiger partial charge in [0.2, 0.25) is 11.8 Å². The molecule has 2 rings (SSSR count). The molecule has 0 bridgehead atoms. The Morgan fingerprint density at radius 3 is 2.32 bits per heavy atom. The molecule has 0 spiro atoms. The number of benzene rings is 1. The maximum atomic E-state index is 11.8. The van der Waals surface area contributed by atoms with Gasteiger partial charge in [-0.1, -0.05) is 15.9 Å². The first kappa shape index (κ1) is 16.5. The van der Waals surface area contributed by atoms with Crippen molar-refractivity contribution < 1.29 is 19.5 Å². The molecule has 2 atom stereocenters. The molecule has 2 amide bonds. The van der Waals surface area contributed by atoms with E-state index < -0.39 is 17.8 Å². The summed E-state index contributed by atoms with van der Waals surface area (Å²) in [5.74, 6) is -2.47. The Hall–Kier alpha value is -1.89. The maximum absolute atomic E-state index is 11.8. The zero-order valence-corrected chi connectivity index (χ0v) is 13.4. The molecule has 2 unspecified atom stereocenters. The molecule has 1 aliphatic rings. The molecule has 1 fully saturated rings. The second-order valence-electron chi connectivity index (χ2n) is 5.22. The van der Waals surface area contributed by atoms with Crippen LogP contribution in [0.3, 0.4) is 0 Å². The van der Waals surface area contributed by atoms with Gasteiger partial charge < -0.3 is 15.7 Å². The van der Waals surface area contributed by atoms with Crippen molar-refractivity contribution in [3.63, 3.8) is 0 Å². The molecule has 0 aromatic heterocycles. The molecule has 6 nitrogen and oxygen atoms in total. The van der Waals surface area contributed by atoms with E-state index >= 15 is 0 Å². The monoisotopic (exact) mass is 368 g/mol. The molecule has 118 valence electrons. The molecule has 0 radical (unpaired) electrons. The van der Waals surface area contributed by atoms with E-state index in [0.717, 1.165) is 4.47 Å². The third-order valence-corrected chi connectivity index (χ3v) is 4.24. The molecule has 22 heavy (non-hydrogen) atoms. The van der Waals surface area contributed by atoms with Crippen LogP contribution < -0.4 is 10.6 Å². The average molecular weight is 369 g/mol. The van der Waals surface area contributed by atoms with E-state index in [-0.39, 0.29) is 24.8 Å². The van der Waals surface area contributed by atoms with E-state index in [1.54, 1.807) is 12.1 Å². The summed E-state index contributed by atoms with van der Waals surface area (Å²) in [5, 5.41) is 14.2. The summed E-state index contributed by atoms with van der Waals surface area (Å²) in [6.45, 7) is 0.198. The largest absolute Gasteiger partial charge is 0.481 e. The highest BCUT2D eigenvalue weighted by molar-refractivity contribution is 9.10. The molecular formula is C15H17BrN2O4. The average Bonchev–Trinajstić information content (AvgIpc) is 2.39. The molecule has 1 aromatic rings. The van der Waals surface area contributed by atoms with E-state index in [0.29, 0.717) is 18.5 Å². The van der Waals surface area contributed by atoms with Gasteiger partial charge in [0, 0.05) is 23.1 Å². The van der Waals surface area contributed by atoms with Crippen LogP contribution in [0.15, 0.2) is 28.7 Å². The van der Waals surface area contributed by atoms with Crippen molar-refractivity contribution in [3.05, 3.63) is 28.7 Å². The van der Waals surface area contributed by atoms with Crippen LogP contribution in [-0.2, 0) is 14.4 Å². The number of hydrogen-bond donors (Lipinski definition) is 3. The van der Waals surface area contributed by atoms with E-state index in [2.05, 4.69) is 26.6 Å². The smallest absolute Gasteiger partial charge is 0.307 e. The minimum atomic E-state index is -0.931. The lowest BCUT2D eigenvalue weighted by Gasteiger charge is -2.31. The van der Waals surface area contributed by atoms with Crippen molar-refractivity contribution in [1.82, 2.24) is 5.32 Å². The fourth-order valence-electron chi connectivity index (χ4n) is 2.30. The summed E-state index contributed by atoms with van der Waals surface area (Å²) in [4.78, 5) is 34.4. The van der Waals surface area contributed by atoms with Gasteiger partial charge in [0.15, 0.2) is 0 Å². The Morgan fingerprint density at radius 2 is 1.77 bits per heavy atom. The number of hydrogen-bond acceptors (Lipinski definition) is 3. The molecular weight excluding hydrogens is 352 g/mol. The van der Waals surface area contributed by atoms with E-state index in [1.165, 1.54) is 0 Å². The summed E-state index contributed by atoms with van der Waals surface area (Å²) in [5.41, 5.74) is 0.685. The van der Waals surface area contributed by atoms with Crippen molar-refractivity contribution in [2.75, 3.05) is 11.9 Å². The summed E-state index contributed by atoms with van der Waals surface area (Å²) in [6.07, 6.45) is 1.28. The van der Waals surface area contributed by atoms with Crippen molar-refractivity contribution in [3.8, 4) is 0 Å². The number of rotatable bonds is 6. The fraction of sp³-hybridized carbons (Fsp3) is 0.400. The van der Waals surface area contributed by atoms with Gasteiger partial charge in [-0.3, -0.25) is 14.4 Å². The number of carbonyl (C=O) groups is 3. The van der Waals surface area contributed by atoms with Crippen LogP contribution in [0.1, 0.15) is 19.3 Å². The summed E-state index contributed by atoms with van der Waals surface area (Å²) in [6, 6.07) is 7.18. The molecule has 3 N–H and O–H groups in total. The van der Waals surface area contributed by atoms with Crippen LogP contribution in [0, 0.1) is 11.8 Å². The fourth-order valence-corrected chi connectivity index (χ4v) is 2.56. The van der Waals surface area contributed by atoms with E-state index in [1.807, 2.05) is 12.1 Å². The number of carbonyl (C=O) groups excluding carboxylic acids is 2. The first-order valence-electron chi connectivity index (χ1n) is 7.03. The Labute approximate surface area is 136 Å². The Kier molecular flexibility index (Phi) is 5.54. The van der Waals surface area contributed by atoms with Crippen LogP contribution in [0.25, 0.3) is 0 Å². The number of carboxylic acids is 1. The SMILES string of the molecule is O=C(CCNC(=O)C1CCC1C(=O)O)Nc1ccc(Br)cc1. The van der Waals surface area contributed by atoms with Crippen LogP contribution in [0.4, 0.5) is 5.69 Å². The first-order valence-corrected chi connectivity index (χ1v) is 7.82. The van der Waals surface area contributed by atoms with Crippen molar-refractivity contribution in [2.24, 2.45) is 11.8 Å². The topological polar surface area (TPSA) is 95.5 Å². The molecule has 0 heterocycles. The number of aliphatic carboxylic acids is 1. The van der Waals surface area contributed by atoms with Gasteiger partial charge in [0.25, 0.3) is 0 Å². The minimum absolute atomic E-state index is 0.145. The van der Waals surface area contributed by atoms with Crippen molar-refractivity contribution in [2.45, 2.75) is 19.3 Å². The number of halogens is 1. The van der Waals surface area contributed by atoms with E-state index in [4.69, 9.17) is 5.11 Å². The first-order chi connectivity index (χ1) is 10.5. The van der Waals surface area contributed by atoms with Crippen molar-refractivity contribution in [1.29, 1.82) is 0 Å². The lowest BCUT2D eigenvalue weighted by molar-refractivity contribution is -0.152. The minimum Gasteiger partial charge on any atom is -0.481 e. The standard InChI is InChI=1S/C15H17BrN2O4/c16-9-1-3-10(4-2-9)18-13(19)7-8-17-14(20)11-5-6-12(11)15(21)22/h1-4,11-12H,5-8H2,(H,17,20)(H,18,19)(H,21,22). The quantitative estimate of drug-likeness (QED) is 0.715. The third kappa shape index (κ3) is 4.30. The Balaban J connectivity index is 1.69. The zero-order valence-electron chi connectivity index (χ0n) is 11.8. The Bertz CT molecular complexity index is 573. The highest BCUT2D eigenvalue weighted by Crippen LogP contribution is 2.34. The third-order valence-electron chi connectivity index (χ3n) is 3.71. The zero-order chi connectivity index (χ0) is 16.1. The molecule has 1 aliphatic carbocycles. The molecule has 7 heteroatoms. The number of anilines is 1. The highest BCUT2D eigenvalue weighted by atomic mass is 79.9. The molecule has 0 aliphatic heterocycles. The maximum Gasteiger partial charge on any atom is 0.307 e. The lowest BCUT2D eigenvalue weighted by atomic mass is 9.73. The summed E-state index contributed by atoms with van der Waals surface area (Å²) in [7, 11) is 0. The predicted molar refractivity (Wildman–Crippen MR) is 84.2 cm³/mol. The molecule has 0 saturated heterocycles. The molecule has 1 saturated carbocycles. The van der Waals surface area contributed by atoms with Crippen LogP contribution >= 0.6 is 15.9 Å². The van der Waals surface area contributed by atoms with Gasteiger partial charge in [-0.25, -0.2) is 0 Å². The number of nitrogens with one attached hydrogen (secondary N) is 2. The van der Waals surface area contributed by atoms with Gasteiger partial charge in [0.1, 0.15) is 0 Å². The van der Waals surface area contributed by atoms with Gasteiger partial charge in [0.05, 0.1) is 11.8 Å². The predicted octanol–water partition coefficient (Wildman–Crippen LogP) is 2.00. The lowest BCUT2D eigenvalue weighted by Crippen LogP contribution is -2.44. The van der Waals surface area contributed by atoms with Crippen LogP contribution in [0.5, 0.6) is 0 Å². The van der Waals surface area contributed by atoms with Gasteiger partial charge >= 0.3 is 5.97 Å². The van der Waals surface area contributed by atoms with E-state index in [9.17, 15) is 14.4 Å². The highest BCUT2D eigenvalue weighted by Gasteiger charge is 2.41. The summed E-state index contributed by atoms with van der Waals surface area (Å²) < 4.78 is 0.922. The van der Waals surface area contributed by atoms with Crippen LogP contribution in [0.2, 0.25) is 0 Å². The van der Waals surface area contributed by atoms with Gasteiger partial charge in [-0.05, 0) is 37.1 Å². The van der Waals surface area contributed by atoms with Gasteiger partial charge in [-0.15, -0.1) is 0 Å². The van der Waals surface area contributed by atoms with Crippen LogP contribution in [-0.4, -0.2) is 29.4 Å². The summed E-state index contributed by atoms with van der Waals surface area (Å²) >= 11 is 3.31. The van der Waals surface area contributed by atoms with Gasteiger partial charge in [-0.2, -0.15) is 0 Å². The number of carboxylic acid groups (broad SMARTS) is 1. The Morgan fingerprint density at radius 1 is 1.14 bits per heavy atom. The molecule has 1 aromatic carbocycles.